The van der Waals surface area contributed by atoms with Gasteiger partial charge in [-0.05, 0) is 32.4 Å². The molecule has 0 unspecified atom stereocenters. The number of nitrogens with one attached hydrogen (secondary N) is 2. The Morgan fingerprint density at radius 2 is 2.00 bits per heavy atom. The molecule has 0 aliphatic heterocycles. The highest BCUT2D eigenvalue weighted by atomic mass is 32.2. The molecule has 1 aromatic heterocycles. The van der Waals surface area contributed by atoms with E-state index < -0.39 is 15.6 Å². The van der Waals surface area contributed by atoms with E-state index in [1.54, 1.807) is 12.1 Å². The summed E-state index contributed by atoms with van der Waals surface area (Å²) in [5.41, 5.74) is -0.472. The quantitative estimate of drug-likeness (QED) is 0.842. The smallest absolute Gasteiger partial charge is 0.250 e. The van der Waals surface area contributed by atoms with E-state index in [4.69, 9.17) is 0 Å². The van der Waals surface area contributed by atoms with Gasteiger partial charge < -0.3 is 5.32 Å². The number of amides is 1. The van der Waals surface area contributed by atoms with Crippen molar-refractivity contribution in [3.63, 3.8) is 0 Å². The predicted octanol–water partition coefficient (Wildman–Crippen LogP) is 1.85. The van der Waals surface area contributed by atoms with Crippen LogP contribution >= 0.6 is 11.3 Å². The minimum Gasteiger partial charge on any atom is -0.351 e. The van der Waals surface area contributed by atoms with E-state index in [0.29, 0.717) is 13.0 Å². The molecule has 0 fully saturated rings. The number of carbonyl (C=O) groups excluding carboxylic acids is 1. The Balaban J connectivity index is 2.83. The largest absolute Gasteiger partial charge is 0.351 e. The minimum atomic E-state index is -3.49. The molecule has 0 saturated heterocycles. The normalized spacial score (nSPS) is 12.4. The SMILES string of the molecule is CCC(C)(C)NS(=O)(=O)c1ccc(CNC(C)=O)s1. The van der Waals surface area contributed by atoms with Gasteiger partial charge in [-0.3, -0.25) is 4.79 Å². The molecule has 0 bridgehead atoms. The van der Waals surface area contributed by atoms with Gasteiger partial charge in [0.2, 0.25) is 5.91 Å². The van der Waals surface area contributed by atoms with Crippen molar-refractivity contribution in [2.45, 2.75) is 50.4 Å². The number of hydrogen-bond acceptors (Lipinski definition) is 4. The van der Waals surface area contributed by atoms with Gasteiger partial charge in [0, 0.05) is 17.3 Å². The zero-order chi connectivity index (χ0) is 14.7. The van der Waals surface area contributed by atoms with E-state index in [1.165, 1.54) is 18.3 Å². The van der Waals surface area contributed by atoms with Crippen LogP contribution in [-0.4, -0.2) is 19.9 Å². The van der Waals surface area contributed by atoms with Crippen LogP contribution in [0.15, 0.2) is 16.3 Å². The Hall–Kier alpha value is -0.920. The Bertz CT molecular complexity index is 547. The summed E-state index contributed by atoms with van der Waals surface area (Å²) in [5.74, 6) is -0.136. The maximum absolute atomic E-state index is 12.2. The molecule has 0 saturated carbocycles. The van der Waals surface area contributed by atoms with Crippen LogP contribution in [0.1, 0.15) is 39.0 Å². The number of rotatable bonds is 6. The van der Waals surface area contributed by atoms with Gasteiger partial charge >= 0.3 is 0 Å². The fraction of sp³-hybridized carbons (Fsp3) is 0.583. The standard InChI is InChI=1S/C12H20N2O3S2/c1-5-12(3,4)14-19(16,17)11-7-6-10(18-11)8-13-9(2)15/h6-7,14H,5,8H2,1-4H3,(H,13,15). The molecule has 0 spiro atoms. The van der Waals surface area contributed by atoms with Crippen LogP contribution in [0.5, 0.6) is 0 Å². The molecular formula is C12H20N2O3S2. The summed E-state index contributed by atoms with van der Waals surface area (Å²) in [5, 5.41) is 2.64. The van der Waals surface area contributed by atoms with Crippen molar-refractivity contribution in [1.29, 1.82) is 0 Å². The van der Waals surface area contributed by atoms with Crippen molar-refractivity contribution in [2.75, 3.05) is 0 Å². The minimum absolute atomic E-state index is 0.136. The summed E-state index contributed by atoms with van der Waals surface area (Å²) in [4.78, 5) is 11.6. The maximum atomic E-state index is 12.2. The monoisotopic (exact) mass is 304 g/mol. The Morgan fingerprint density at radius 1 is 1.37 bits per heavy atom. The number of sulfonamides is 1. The van der Waals surface area contributed by atoms with Crippen molar-refractivity contribution in [1.82, 2.24) is 10.0 Å². The molecule has 2 N–H and O–H groups in total. The molecule has 0 atom stereocenters. The lowest BCUT2D eigenvalue weighted by molar-refractivity contribution is -0.119. The summed E-state index contributed by atoms with van der Waals surface area (Å²) in [6.07, 6.45) is 0.705. The topological polar surface area (TPSA) is 75.3 Å². The lowest BCUT2D eigenvalue weighted by Gasteiger charge is -2.23. The van der Waals surface area contributed by atoms with Crippen LogP contribution in [0.25, 0.3) is 0 Å². The average Bonchev–Trinajstić information content (AvgIpc) is 2.74. The summed E-state index contributed by atoms with van der Waals surface area (Å²) in [6, 6.07) is 3.28. The Kier molecular flexibility index (Phi) is 5.11. The number of thiophene rings is 1. The van der Waals surface area contributed by atoms with E-state index in [2.05, 4.69) is 10.0 Å². The van der Waals surface area contributed by atoms with Crippen LogP contribution in [-0.2, 0) is 21.4 Å². The van der Waals surface area contributed by atoms with Crippen LogP contribution < -0.4 is 10.0 Å². The average molecular weight is 304 g/mol. The first-order chi connectivity index (χ1) is 8.66. The van der Waals surface area contributed by atoms with Crippen molar-refractivity contribution >= 4 is 27.3 Å². The lowest BCUT2D eigenvalue weighted by atomic mass is 10.0. The summed E-state index contributed by atoms with van der Waals surface area (Å²) in [6.45, 7) is 7.40. The molecule has 108 valence electrons. The van der Waals surface area contributed by atoms with Gasteiger partial charge in [-0.1, -0.05) is 6.92 Å². The van der Waals surface area contributed by atoms with Crippen molar-refractivity contribution < 1.29 is 13.2 Å². The van der Waals surface area contributed by atoms with Gasteiger partial charge in [-0.15, -0.1) is 11.3 Å². The molecule has 0 aliphatic carbocycles. The van der Waals surface area contributed by atoms with E-state index in [9.17, 15) is 13.2 Å². The maximum Gasteiger partial charge on any atom is 0.250 e. The molecule has 1 amide bonds. The van der Waals surface area contributed by atoms with Gasteiger partial charge in [0.1, 0.15) is 4.21 Å². The highest BCUT2D eigenvalue weighted by Crippen LogP contribution is 2.23. The molecule has 1 rings (SSSR count). The van der Waals surface area contributed by atoms with Gasteiger partial charge in [0.25, 0.3) is 10.0 Å². The predicted molar refractivity (Wildman–Crippen MR) is 76.5 cm³/mol. The second kappa shape index (κ2) is 6.02. The van der Waals surface area contributed by atoms with E-state index in [-0.39, 0.29) is 10.1 Å². The Morgan fingerprint density at radius 3 is 2.53 bits per heavy atom. The molecule has 1 heterocycles. The highest BCUT2D eigenvalue weighted by Gasteiger charge is 2.25. The zero-order valence-corrected chi connectivity index (χ0v) is 13.2. The van der Waals surface area contributed by atoms with Crippen LogP contribution in [0, 0.1) is 0 Å². The van der Waals surface area contributed by atoms with Crippen LogP contribution in [0.4, 0.5) is 0 Å². The van der Waals surface area contributed by atoms with E-state index in [1.807, 2.05) is 20.8 Å². The van der Waals surface area contributed by atoms with Crippen molar-refractivity contribution in [3.8, 4) is 0 Å². The molecule has 1 aromatic rings. The molecular weight excluding hydrogens is 284 g/mol. The van der Waals surface area contributed by atoms with Gasteiger partial charge in [0.05, 0.1) is 6.54 Å². The lowest BCUT2D eigenvalue weighted by Crippen LogP contribution is -2.42. The third kappa shape index (κ3) is 4.93. The summed E-state index contributed by atoms with van der Waals surface area (Å²) in [7, 11) is -3.49. The first-order valence-electron chi connectivity index (χ1n) is 6.03. The summed E-state index contributed by atoms with van der Waals surface area (Å²) < 4.78 is 27.3. The highest BCUT2D eigenvalue weighted by molar-refractivity contribution is 7.91. The molecule has 19 heavy (non-hydrogen) atoms. The van der Waals surface area contributed by atoms with Gasteiger partial charge in [-0.25, -0.2) is 13.1 Å². The number of carbonyl (C=O) groups is 1. The van der Waals surface area contributed by atoms with Gasteiger partial charge in [-0.2, -0.15) is 0 Å². The molecule has 0 aliphatic rings. The second-order valence-electron chi connectivity index (χ2n) is 4.97. The van der Waals surface area contributed by atoms with E-state index >= 15 is 0 Å². The number of hydrogen-bond donors (Lipinski definition) is 2. The van der Waals surface area contributed by atoms with Crippen molar-refractivity contribution in [2.24, 2.45) is 0 Å². The van der Waals surface area contributed by atoms with Crippen LogP contribution in [0.2, 0.25) is 0 Å². The fourth-order valence-electron chi connectivity index (χ4n) is 1.30. The summed E-state index contributed by atoms with van der Waals surface area (Å²) >= 11 is 1.17. The first kappa shape index (κ1) is 16.1. The Labute approximate surface area is 118 Å². The molecule has 7 heteroatoms. The van der Waals surface area contributed by atoms with Gasteiger partial charge in [0.15, 0.2) is 0 Å². The molecule has 5 nitrogen and oxygen atoms in total. The zero-order valence-electron chi connectivity index (χ0n) is 11.6. The molecule has 0 aromatic carbocycles. The third-order valence-corrected chi connectivity index (χ3v) is 5.98. The van der Waals surface area contributed by atoms with Crippen LogP contribution in [0.3, 0.4) is 0 Å². The molecule has 0 radical (unpaired) electrons. The van der Waals surface area contributed by atoms with E-state index in [0.717, 1.165) is 4.88 Å². The van der Waals surface area contributed by atoms with Crippen molar-refractivity contribution in [3.05, 3.63) is 17.0 Å². The fourth-order valence-corrected chi connectivity index (χ4v) is 4.07. The second-order valence-corrected chi connectivity index (χ2v) is 8.05. The third-order valence-electron chi connectivity index (χ3n) is 2.71. The first-order valence-corrected chi connectivity index (χ1v) is 8.33.